The van der Waals surface area contributed by atoms with Crippen molar-refractivity contribution < 1.29 is 14.3 Å². The van der Waals surface area contributed by atoms with Crippen molar-refractivity contribution in [2.24, 2.45) is 0 Å². The molecule has 0 heterocycles. The van der Waals surface area contributed by atoms with E-state index in [1.807, 2.05) is 6.92 Å². The summed E-state index contributed by atoms with van der Waals surface area (Å²) in [6, 6.07) is 0. The first kappa shape index (κ1) is 16.9. The molecule has 0 bridgehead atoms. The highest BCUT2D eigenvalue weighted by atomic mass is 16.5. The summed E-state index contributed by atoms with van der Waals surface area (Å²) in [6.07, 6.45) is 7.55. The molecule has 1 unspecified atom stereocenters. The molecule has 0 saturated carbocycles. The van der Waals surface area contributed by atoms with E-state index in [0.29, 0.717) is 6.73 Å². The van der Waals surface area contributed by atoms with Gasteiger partial charge in [-0.25, -0.2) is 0 Å². The van der Waals surface area contributed by atoms with E-state index in [1.165, 1.54) is 38.5 Å². The lowest BCUT2D eigenvalue weighted by Crippen LogP contribution is -2.46. The van der Waals surface area contributed by atoms with Crippen LogP contribution in [0, 0.1) is 0 Å². The van der Waals surface area contributed by atoms with Crippen molar-refractivity contribution in [1.29, 1.82) is 0 Å². The standard InChI is InChI=1S/C14H32NO2/c1-5-6-7-8-9-10-11-17-13-15(3,4)12-14(2)16/h14,16H,5-13H2,1-4H3/q+1. The second kappa shape index (κ2) is 9.86. The Morgan fingerprint density at radius 3 is 2.24 bits per heavy atom. The molecule has 1 N–H and O–H groups in total. The number of likely N-dealkylation sites (N-methyl/N-ethyl adjacent to an activating group) is 1. The maximum absolute atomic E-state index is 9.34. The lowest BCUT2D eigenvalue weighted by molar-refractivity contribution is -0.912. The van der Waals surface area contributed by atoms with Crippen molar-refractivity contribution in [3.05, 3.63) is 0 Å². The molecule has 0 fully saturated rings. The lowest BCUT2D eigenvalue weighted by atomic mass is 10.1. The van der Waals surface area contributed by atoms with E-state index >= 15 is 0 Å². The Kier molecular flexibility index (Phi) is 9.79. The van der Waals surface area contributed by atoms with E-state index in [0.717, 1.165) is 17.6 Å². The van der Waals surface area contributed by atoms with Crippen molar-refractivity contribution in [1.82, 2.24) is 0 Å². The summed E-state index contributed by atoms with van der Waals surface area (Å²) in [5, 5.41) is 9.34. The third-order valence-electron chi connectivity index (χ3n) is 2.84. The average molecular weight is 246 g/mol. The Hall–Kier alpha value is -0.120. The van der Waals surface area contributed by atoms with Gasteiger partial charge in [-0.05, 0) is 13.3 Å². The van der Waals surface area contributed by atoms with Gasteiger partial charge < -0.3 is 14.3 Å². The van der Waals surface area contributed by atoms with Gasteiger partial charge >= 0.3 is 0 Å². The summed E-state index contributed by atoms with van der Waals surface area (Å²) in [4.78, 5) is 0. The van der Waals surface area contributed by atoms with Crippen LogP contribution in [0.3, 0.4) is 0 Å². The van der Waals surface area contributed by atoms with Crippen LogP contribution in [0.25, 0.3) is 0 Å². The zero-order valence-corrected chi connectivity index (χ0v) is 12.2. The third kappa shape index (κ3) is 12.1. The first-order valence-corrected chi connectivity index (χ1v) is 7.06. The van der Waals surface area contributed by atoms with E-state index < -0.39 is 0 Å². The summed E-state index contributed by atoms with van der Waals surface area (Å²) in [5.41, 5.74) is 0. The van der Waals surface area contributed by atoms with Crippen LogP contribution >= 0.6 is 0 Å². The predicted molar refractivity (Wildman–Crippen MR) is 72.9 cm³/mol. The number of unbranched alkanes of at least 4 members (excludes halogenated alkanes) is 5. The molecule has 0 spiro atoms. The minimum Gasteiger partial charge on any atom is -0.388 e. The highest BCUT2D eigenvalue weighted by Crippen LogP contribution is 2.06. The molecule has 1 atom stereocenters. The third-order valence-corrected chi connectivity index (χ3v) is 2.84. The number of rotatable bonds is 11. The van der Waals surface area contributed by atoms with Gasteiger partial charge in [0.1, 0.15) is 12.6 Å². The van der Waals surface area contributed by atoms with Gasteiger partial charge in [-0.1, -0.05) is 39.0 Å². The van der Waals surface area contributed by atoms with Crippen LogP contribution in [0.2, 0.25) is 0 Å². The van der Waals surface area contributed by atoms with Gasteiger partial charge in [-0.15, -0.1) is 0 Å². The van der Waals surface area contributed by atoms with Crippen molar-refractivity contribution >= 4 is 0 Å². The number of aliphatic hydroxyl groups excluding tert-OH is 1. The minimum atomic E-state index is -0.261. The van der Waals surface area contributed by atoms with Crippen LogP contribution < -0.4 is 0 Å². The van der Waals surface area contributed by atoms with Crippen LogP contribution in [0.4, 0.5) is 0 Å². The number of quaternary nitrogens is 1. The SMILES string of the molecule is CCCCCCCCOC[N+](C)(C)CC(C)O. The van der Waals surface area contributed by atoms with E-state index in [1.54, 1.807) is 0 Å². The molecule has 0 saturated heterocycles. The maximum atomic E-state index is 9.34. The molecule has 0 aliphatic carbocycles. The van der Waals surface area contributed by atoms with E-state index in [-0.39, 0.29) is 6.10 Å². The summed E-state index contributed by atoms with van der Waals surface area (Å²) in [6.45, 7) is 6.36. The van der Waals surface area contributed by atoms with Crippen LogP contribution in [0.1, 0.15) is 52.4 Å². The van der Waals surface area contributed by atoms with Crippen LogP contribution in [0.5, 0.6) is 0 Å². The van der Waals surface area contributed by atoms with E-state index in [4.69, 9.17) is 4.74 Å². The van der Waals surface area contributed by atoms with Gasteiger partial charge in [-0.3, -0.25) is 0 Å². The smallest absolute Gasteiger partial charge is 0.182 e. The minimum absolute atomic E-state index is 0.261. The topological polar surface area (TPSA) is 29.5 Å². The first-order chi connectivity index (χ1) is 7.98. The summed E-state index contributed by atoms with van der Waals surface area (Å²) in [7, 11) is 4.18. The summed E-state index contributed by atoms with van der Waals surface area (Å²) in [5.74, 6) is 0. The van der Waals surface area contributed by atoms with Gasteiger partial charge in [0.05, 0.1) is 20.7 Å². The number of ether oxygens (including phenoxy) is 1. The monoisotopic (exact) mass is 246 g/mol. The molecule has 0 aliphatic rings. The predicted octanol–water partition coefficient (Wildman–Crippen LogP) is 2.78. The van der Waals surface area contributed by atoms with Crippen molar-refractivity contribution in [2.75, 3.05) is 34.0 Å². The van der Waals surface area contributed by atoms with Gasteiger partial charge in [0.15, 0.2) is 6.73 Å². The average Bonchev–Trinajstić information content (AvgIpc) is 2.20. The molecule has 104 valence electrons. The second-order valence-electron chi connectivity index (χ2n) is 5.77. The van der Waals surface area contributed by atoms with Gasteiger partial charge in [0.25, 0.3) is 0 Å². The molecule has 0 aliphatic heterocycles. The maximum Gasteiger partial charge on any atom is 0.182 e. The van der Waals surface area contributed by atoms with Crippen LogP contribution in [-0.2, 0) is 4.74 Å². The van der Waals surface area contributed by atoms with Gasteiger partial charge in [0.2, 0.25) is 0 Å². The number of aliphatic hydroxyl groups is 1. The van der Waals surface area contributed by atoms with Crippen LogP contribution in [-0.4, -0.2) is 49.7 Å². The van der Waals surface area contributed by atoms with Crippen LogP contribution in [0.15, 0.2) is 0 Å². The quantitative estimate of drug-likeness (QED) is 0.345. The normalized spacial score (nSPS) is 13.9. The van der Waals surface area contributed by atoms with E-state index in [9.17, 15) is 5.11 Å². The zero-order valence-electron chi connectivity index (χ0n) is 12.2. The number of nitrogens with zero attached hydrogens (tertiary/aromatic N) is 1. The van der Waals surface area contributed by atoms with Crippen molar-refractivity contribution in [2.45, 2.75) is 58.5 Å². The molecule has 0 aromatic heterocycles. The van der Waals surface area contributed by atoms with Crippen molar-refractivity contribution in [3.8, 4) is 0 Å². The summed E-state index contributed by atoms with van der Waals surface area (Å²) < 4.78 is 6.40. The molecule has 0 aromatic rings. The Bertz CT molecular complexity index is 170. The Labute approximate surface area is 107 Å². The highest BCUT2D eigenvalue weighted by molar-refractivity contribution is 4.43. The Morgan fingerprint density at radius 1 is 1.06 bits per heavy atom. The fourth-order valence-electron chi connectivity index (χ4n) is 2.06. The highest BCUT2D eigenvalue weighted by Gasteiger charge is 2.17. The first-order valence-electron chi connectivity index (χ1n) is 7.06. The summed E-state index contributed by atoms with van der Waals surface area (Å²) >= 11 is 0. The van der Waals surface area contributed by atoms with Gasteiger partial charge in [0, 0.05) is 0 Å². The van der Waals surface area contributed by atoms with Gasteiger partial charge in [-0.2, -0.15) is 0 Å². The number of hydrogen-bond donors (Lipinski definition) is 1. The molecule has 3 nitrogen and oxygen atoms in total. The molecular formula is C14H32NO2+. The molecule has 0 radical (unpaired) electrons. The molecular weight excluding hydrogens is 214 g/mol. The zero-order chi connectivity index (χ0) is 13.1. The molecule has 3 heteroatoms. The Balaban J connectivity index is 3.32. The second-order valence-corrected chi connectivity index (χ2v) is 5.77. The Morgan fingerprint density at radius 2 is 1.65 bits per heavy atom. The fourth-order valence-corrected chi connectivity index (χ4v) is 2.06. The molecule has 0 amide bonds. The lowest BCUT2D eigenvalue weighted by Gasteiger charge is -2.30. The fraction of sp³-hybridized carbons (Fsp3) is 1.00. The van der Waals surface area contributed by atoms with E-state index in [2.05, 4.69) is 21.0 Å². The molecule has 0 aromatic carbocycles. The molecule has 17 heavy (non-hydrogen) atoms. The van der Waals surface area contributed by atoms with Crippen molar-refractivity contribution in [3.63, 3.8) is 0 Å². The number of hydrogen-bond acceptors (Lipinski definition) is 2. The molecule has 0 rings (SSSR count). The largest absolute Gasteiger partial charge is 0.388 e.